The highest BCUT2D eigenvalue weighted by Gasteiger charge is 2.21. The number of hydrogen-bond acceptors (Lipinski definition) is 4. The van der Waals surface area contributed by atoms with Crippen molar-refractivity contribution in [1.29, 1.82) is 0 Å². The van der Waals surface area contributed by atoms with Crippen molar-refractivity contribution in [3.05, 3.63) is 24.3 Å². The minimum atomic E-state index is -3.68. The van der Waals surface area contributed by atoms with Gasteiger partial charge in [-0.2, -0.15) is 0 Å². The van der Waals surface area contributed by atoms with Crippen molar-refractivity contribution in [2.75, 3.05) is 11.9 Å². The highest BCUT2D eigenvalue weighted by atomic mass is 32.2. The summed E-state index contributed by atoms with van der Waals surface area (Å²) in [5.74, 6) is -0.546. The molecule has 1 unspecified atom stereocenters. The third-order valence-corrected chi connectivity index (χ3v) is 4.06. The summed E-state index contributed by atoms with van der Waals surface area (Å²) in [5, 5.41) is 2.99. The molecule has 1 amide bonds. The molecule has 19 heavy (non-hydrogen) atoms. The minimum absolute atomic E-state index is 0.0391. The van der Waals surface area contributed by atoms with Crippen LogP contribution in [0.15, 0.2) is 29.2 Å². The van der Waals surface area contributed by atoms with E-state index in [0.29, 0.717) is 12.2 Å². The number of carbonyl (C=O) groups excluding carboxylic acids is 1. The van der Waals surface area contributed by atoms with Crippen molar-refractivity contribution < 1.29 is 13.2 Å². The molecule has 1 atom stereocenters. The molecule has 106 valence electrons. The molecular weight excluding hydrogens is 266 g/mol. The van der Waals surface area contributed by atoms with Crippen LogP contribution in [-0.4, -0.2) is 26.9 Å². The van der Waals surface area contributed by atoms with Crippen LogP contribution in [0.1, 0.15) is 20.3 Å². The van der Waals surface area contributed by atoms with E-state index in [4.69, 9.17) is 5.73 Å². The number of sulfonamides is 1. The summed E-state index contributed by atoms with van der Waals surface area (Å²) in [6.45, 7) is 4.09. The summed E-state index contributed by atoms with van der Waals surface area (Å²) in [4.78, 5) is 10.9. The van der Waals surface area contributed by atoms with Gasteiger partial charge in [-0.1, -0.05) is 12.1 Å². The molecule has 0 aromatic heterocycles. The molecule has 0 saturated carbocycles. The number of primary amides is 1. The van der Waals surface area contributed by atoms with E-state index in [1.807, 2.05) is 6.92 Å². The third kappa shape index (κ3) is 4.53. The molecule has 0 saturated heterocycles. The predicted octanol–water partition coefficient (Wildman–Crippen LogP) is 0.661. The molecule has 0 aliphatic heterocycles. The molecule has 0 aliphatic rings. The first-order chi connectivity index (χ1) is 8.86. The maximum Gasteiger partial charge on any atom is 0.242 e. The van der Waals surface area contributed by atoms with E-state index in [9.17, 15) is 13.2 Å². The van der Waals surface area contributed by atoms with Gasteiger partial charge in [-0.25, -0.2) is 13.1 Å². The summed E-state index contributed by atoms with van der Waals surface area (Å²) in [7, 11) is -3.68. The first-order valence-electron chi connectivity index (χ1n) is 6.00. The lowest BCUT2D eigenvalue weighted by atomic mass is 10.2. The number of carbonyl (C=O) groups is 1. The van der Waals surface area contributed by atoms with Gasteiger partial charge in [0.2, 0.25) is 15.9 Å². The van der Waals surface area contributed by atoms with Crippen LogP contribution in [0.25, 0.3) is 0 Å². The largest absolute Gasteiger partial charge is 0.384 e. The van der Waals surface area contributed by atoms with E-state index >= 15 is 0 Å². The minimum Gasteiger partial charge on any atom is -0.384 e. The first-order valence-corrected chi connectivity index (χ1v) is 7.48. The van der Waals surface area contributed by atoms with Gasteiger partial charge < -0.3 is 11.1 Å². The Morgan fingerprint density at radius 2 is 2.00 bits per heavy atom. The second kappa shape index (κ2) is 6.53. The Bertz CT molecular complexity index is 543. The Morgan fingerprint density at radius 3 is 2.58 bits per heavy atom. The van der Waals surface area contributed by atoms with Crippen LogP contribution in [-0.2, 0) is 14.8 Å². The number of rotatable bonds is 7. The Hall–Kier alpha value is -1.60. The van der Waals surface area contributed by atoms with Gasteiger partial charge in [0.25, 0.3) is 0 Å². The van der Waals surface area contributed by atoms with E-state index in [1.54, 1.807) is 25.1 Å². The highest BCUT2D eigenvalue weighted by Crippen LogP contribution is 2.20. The summed E-state index contributed by atoms with van der Waals surface area (Å²) < 4.78 is 26.9. The molecule has 4 N–H and O–H groups in total. The zero-order chi connectivity index (χ0) is 14.5. The van der Waals surface area contributed by atoms with Crippen molar-refractivity contribution >= 4 is 21.6 Å². The van der Waals surface area contributed by atoms with Crippen molar-refractivity contribution in [2.45, 2.75) is 31.2 Å². The fourth-order valence-electron chi connectivity index (χ4n) is 1.71. The number of amides is 1. The fourth-order valence-corrected chi connectivity index (χ4v) is 3.14. The molecule has 0 spiro atoms. The van der Waals surface area contributed by atoms with Crippen LogP contribution < -0.4 is 15.8 Å². The Kier molecular flexibility index (Phi) is 5.31. The molecule has 0 aliphatic carbocycles. The standard InChI is InChI=1S/C12H19N3O3S/c1-3-14-10-6-4-5-7-11(10)19(17,18)15-9(2)8-12(13)16/h4-7,9,14-15H,3,8H2,1-2H3,(H2,13,16). The fraction of sp³-hybridized carbons (Fsp3) is 0.417. The molecule has 1 rings (SSSR count). The van der Waals surface area contributed by atoms with Gasteiger partial charge in [-0.15, -0.1) is 0 Å². The molecule has 6 nitrogen and oxygen atoms in total. The highest BCUT2D eigenvalue weighted by molar-refractivity contribution is 7.89. The molecule has 0 radical (unpaired) electrons. The molecule has 7 heteroatoms. The molecule has 0 heterocycles. The monoisotopic (exact) mass is 285 g/mol. The lowest BCUT2D eigenvalue weighted by Gasteiger charge is -2.15. The Morgan fingerprint density at radius 1 is 1.37 bits per heavy atom. The van der Waals surface area contributed by atoms with Crippen LogP contribution in [0.3, 0.4) is 0 Å². The molecular formula is C12H19N3O3S. The number of nitrogens with one attached hydrogen (secondary N) is 2. The van der Waals surface area contributed by atoms with Crippen LogP contribution in [0.2, 0.25) is 0 Å². The number of para-hydroxylation sites is 1. The summed E-state index contributed by atoms with van der Waals surface area (Å²) in [6.07, 6.45) is -0.0391. The lowest BCUT2D eigenvalue weighted by molar-refractivity contribution is -0.118. The van der Waals surface area contributed by atoms with Gasteiger partial charge in [0.05, 0.1) is 5.69 Å². The average Bonchev–Trinajstić information content (AvgIpc) is 2.27. The van der Waals surface area contributed by atoms with Gasteiger partial charge in [0.15, 0.2) is 0 Å². The summed E-state index contributed by atoms with van der Waals surface area (Å²) in [5.41, 5.74) is 5.57. The van der Waals surface area contributed by atoms with Gasteiger partial charge in [-0.05, 0) is 26.0 Å². The number of benzene rings is 1. The van der Waals surface area contributed by atoms with E-state index in [2.05, 4.69) is 10.0 Å². The number of nitrogens with two attached hydrogens (primary N) is 1. The second-order valence-corrected chi connectivity index (χ2v) is 5.90. The first kappa shape index (κ1) is 15.5. The lowest BCUT2D eigenvalue weighted by Crippen LogP contribution is -2.36. The predicted molar refractivity (Wildman–Crippen MR) is 74.2 cm³/mol. The topological polar surface area (TPSA) is 101 Å². The van der Waals surface area contributed by atoms with Crippen molar-refractivity contribution in [3.8, 4) is 0 Å². The maximum absolute atomic E-state index is 12.2. The van der Waals surface area contributed by atoms with Gasteiger partial charge in [0.1, 0.15) is 4.90 Å². The summed E-state index contributed by atoms with van der Waals surface area (Å²) >= 11 is 0. The van der Waals surface area contributed by atoms with Crippen LogP contribution in [0, 0.1) is 0 Å². The van der Waals surface area contributed by atoms with Crippen molar-refractivity contribution in [1.82, 2.24) is 4.72 Å². The van der Waals surface area contributed by atoms with Crippen LogP contribution >= 0.6 is 0 Å². The van der Waals surface area contributed by atoms with Gasteiger partial charge in [0, 0.05) is 19.0 Å². The number of hydrogen-bond donors (Lipinski definition) is 3. The van der Waals surface area contributed by atoms with E-state index in [1.165, 1.54) is 6.07 Å². The maximum atomic E-state index is 12.2. The number of anilines is 1. The molecule has 0 fully saturated rings. The van der Waals surface area contributed by atoms with Gasteiger partial charge >= 0.3 is 0 Å². The van der Waals surface area contributed by atoms with Crippen molar-refractivity contribution in [3.63, 3.8) is 0 Å². The summed E-state index contributed by atoms with van der Waals surface area (Å²) in [6, 6.07) is 6.06. The normalized spacial score (nSPS) is 12.9. The average molecular weight is 285 g/mol. The van der Waals surface area contributed by atoms with E-state index < -0.39 is 22.0 Å². The second-order valence-electron chi connectivity index (χ2n) is 4.22. The molecule has 1 aromatic carbocycles. The van der Waals surface area contributed by atoms with E-state index in [0.717, 1.165) is 0 Å². The van der Waals surface area contributed by atoms with E-state index in [-0.39, 0.29) is 11.3 Å². The van der Waals surface area contributed by atoms with Crippen LogP contribution in [0.5, 0.6) is 0 Å². The van der Waals surface area contributed by atoms with Crippen molar-refractivity contribution in [2.24, 2.45) is 5.73 Å². The Labute approximate surface area is 113 Å². The quantitative estimate of drug-likeness (QED) is 0.685. The Balaban J connectivity index is 2.97. The SMILES string of the molecule is CCNc1ccccc1S(=O)(=O)NC(C)CC(N)=O. The van der Waals surface area contributed by atoms with Gasteiger partial charge in [-0.3, -0.25) is 4.79 Å². The zero-order valence-corrected chi connectivity index (χ0v) is 11.8. The molecule has 0 bridgehead atoms. The molecule has 1 aromatic rings. The van der Waals surface area contributed by atoms with Crippen LogP contribution in [0.4, 0.5) is 5.69 Å². The zero-order valence-electron chi connectivity index (χ0n) is 11.0. The smallest absolute Gasteiger partial charge is 0.242 e. The third-order valence-electron chi connectivity index (χ3n) is 2.41.